The van der Waals surface area contributed by atoms with Crippen LogP contribution in [0.1, 0.15) is 5.56 Å². The van der Waals surface area contributed by atoms with E-state index in [2.05, 4.69) is 0 Å². The number of fused-ring (bicyclic) bond motifs is 1. The topological polar surface area (TPSA) is 76.1 Å². The fourth-order valence-corrected chi connectivity index (χ4v) is 2.74. The lowest BCUT2D eigenvalue weighted by molar-refractivity contribution is -0.160. The van der Waals surface area contributed by atoms with Crippen LogP contribution in [-0.4, -0.2) is 54.3 Å². The average molecular weight is 291 g/mol. The summed E-state index contributed by atoms with van der Waals surface area (Å²) < 4.78 is 10.8. The summed E-state index contributed by atoms with van der Waals surface area (Å²) >= 11 is 0. The lowest BCUT2D eigenvalue weighted by Crippen LogP contribution is -2.51. The van der Waals surface area contributed by atoms with E-state index in [1.807, 2.05) is 24.3 Å². The van der Waals surface area contributed by atoms with Crippen LogP contribution in [0.2, 0.25) is 0 Å². The van der Waals surface area contributed by atoms with Crippen molar-refractivity contribution in [3.63, 3.8) is 0 Å². The number of morpholine rings is 1. The Kier molecular flexibility index (Phi) is 3.79. The Bertz CT molecular complexity index is 559. The Morgan fingerprint density at radius 3 is 2.90 bits per heavy atom. The molecule has 0 spiro atoms. The Balaban J connectivity index is 1.67. The summed E-state index contributed by atoms with van der Waals surface area (Å²) in [4.78, 5) is 25.1. The van der Waals surface area contributed by atoms with E-state index in [1.165, 1.54) is 0 Å². The molecule has 1 saturated heterocycles. The van der Waals surface area contributed by atoms with Gasteiger partial charge in [0.25, 0.3) is 0 Å². The van der Waals surface area contributed by atoms with Gasteiger partial charge >= 0.3 is 5.97 Å². The van der Waals surface area contributed by atoms with Gasteiger partial charge in [0.05, 0.1) is 19.1 Å². The van der Waals surface area contributed by atoms with Crippen LogP contribution in [0.5, 0.6) is 5.75 Å². The molecule has 112 valence electrons. The highest BCUT2D eigenvalue weighted by Crippen LogP contribution is 2.28. The van der Waals surface area contributed by atoms with Gasteiger partial charge in [-0.2, -0.15) is 0 Å². The molecular weight excluding hydrogens is 274 g/mol. The Morgan fingerprint density at radius 2 is 2.10 bits per heavy atom. The van der Waals surface area contributed by atoms with Gasteiger partial charge in [-0.3, -0.25) is 4.79 Å². The molecule has 1 aromatic rings. The summed E-state index contributed by atoms with van der Waals surface area (Å²) in [7, 11) is 0. The molecule has 3 rings (SSSR count). The summed E-state index contributed by atoms with van der Waals surface area (Å²) in [6.07, 6.45) is -0.302. The average Bonchev–Trinajstić information content (AvgIpc) is 2.53. The van der Waals surface area contributed by atoms with Crippen LogP contribution in [0, 0.1) is 5.92 Å². The third-order valence-corrected chi connectivity index (χ3v) is 3.88. The molecule has 1 amide bonds. The summed E-state index contributed by atoms with van der Waals surface area (Å²) in [6, 6.07) is 7.67. The van der Waals surface area contributed by atoms with Crippen LogP contribution >= 0.6 is 0 Å². The minimum Gasteiger partial charge on any atom is -0.492 e. The van der Waals surface area contributed by atoms with Crippen LogP contribution in [0.4, 0.5) is 0 Å². The van der Waals surface area contributed by atoms with Crippen LogP contribution in [-0.2, 0) is 20.7 Å². The Morgan fingerprint density at radius 1 is 1.29 bits per heavy atom. The number of hydrogen-bond acceptors (Lipinski definition) is 4. The molecule has 0 radical (unpaired) electrons. The van der Waals surface area contributed by atoms with E-state index in [1.54, 1.807) is 4.90 Å². The van der Waals surface area contributed by atoms with E-state index < -0.39 is 12.1 Å². The van der Waals surface area contributed by atoms with Crippen LogP contribution in [0.25, 0.3) is 0 Å². The number of amides is 1. The number of ether oxygens (including phenoxy) is 2. The standard InChI is InChI=1S/C15H17NO5/c17-14(16-5-6-20-13(8-16)15(18)19)11-7-10-3-1-2-4-12(10)21-9-11/h1-4,11,13H,5-9H2,(H,18,19)/t11-,13-/m0/s1. The number of para-hydroxylation sites is 1. The largest absolute Gasteiger partial charge is 0.492 e. The van der Waals surface area contributed by atoms with Gasteiger partial charge in [0.15, 0.2) is 6.10 Å². The summed E-state index contributed by atoms with van der Waals surface area (Å²) in [5, 5.41) is 8.99. The van der Waals surface area contributed by atoms with Gasteiger partial charge in [-0.15, -0.1) is 0 Å². The van der Waals surface area contributed by atoms with Gasteiger partial charge in [-0.05, 0) is 18.1 Å². The number of hydrogen-bond donors (Lipinski definition) is 1. The number of nitrogens with zero attached hydrogens (tertiary/aromatic N) is 1. The van der Waals surface area contributed by atoms with Gasteiger partial charge in [0, 0.05) is 6.54 Å². The van der Waals surface area contributed by atoms with Gasteiger partial charge in [0.2, 0.25) is 5.91 Å². The molecule has 2 aliphatic heterocycles. The molecule has 6 nitrogen and oxygen atoms in total. The van der Waals surface area contributed by atoms with E-state index in [-0.39, 0.29) is 25.0 Å². The number of rotatable bonds is 2. The molecule has 1 fully saturated rings. The Labute approximate surface area is 122 Å². The van der Waals surface area contributed by atoms with Gasteiger partial charge < -0.3 is 19.5 Å². The van der Waals surface area contributed by atoms with Crippen molar-refractivity contribution in [1.29, 1.82) is 0 Å². The van der Waals surface area contributed by atoms with Crippen molar-refractivity contribution >= 4 is 11.9 Å². The van der Waals surface area contributed by atoms with Crippen LogP contribution in [0.3, 0.4) is 0 Å². The number of benzene rings is 1. The molecule has 1 aromatic carbocycles. The summed E-state index contributed by atoms with van der Waals surface area (Å²) in [6.45, 7) is 1.13. The number of carbonyl (C=O) groups excluding carboxylic acids is 1. The summed E-state index contributed by atoms with van der Waals surface area (Å²) in [5.41, 5.74) is 1.02. The van der Waals surface area contributed by atoms with Crippen molar-refractivity contribution in [3.05, 3.63) is 29.8 Å². The molecule has 2 atom stereocenters. The monoisotopic (exact) mass is 291 g/mol. The fraction of sp³-hybridized carbons (Fsp3) is 0.467. The zero-order valence-corrected chi connectivity index (χ0v) is 11.5. The second-order valence-corrected chi connectivity index (χ2v) is 5.30. The highest BCUT2D eigenvalue weighted by Gasteiger charge is 2.34. The molecule has 6 heteroatoms. The Hall–Kier alpha value is -2.08. The van der Waals surface area contributed by atoms with Crippen molar-refractivity contribution in [2.45, 2.75) is 12.5 Å². The molecule has 0 bridgehead atoms. The lowest BCUT2D eigenvalue weighted by atomic mass is 9.95. The molecule has 1 N–H and O–H groups in total. The molecule has 0 saturated carbocycles. The predicted octanol–water partition coefficient (Wildman–Crippen LogP) is 0.550. The molecule has 0 aromatic heterocycles. The van der Waals surface area contributed by atoms with Gasteiger partial charge in [-0.1, -0.05) is 18.2 Å². The first kappa shape index (κ1) is 13.9. The highest BCUT2D eigenvalue weighted by molar-refractivity contribution is 5.81. The molecule has 0 aliphatic carbocycles. The van der Waals surface area contributed by atoms with Gasteiger partial charge in [-0.25, -0.2) is 4.79 Å². The van der Waals surface area contributed by atoms with Crippen LogP contribution in [0.15, 0.2) is 24.3 Å². The molecular formula is C15H17NO5. The maximum absolute atomic E-state index is 12.5. The minimum absolute atomic E-state index is 0.0564. The molecule has 2 aliphatic rings. The first-order valence-electron chi connectivity index (χ1n) is 6.99. The van der Waals surface area contributed by atoms with Crippen molar-refractivity contribution in [2.75, 3.05) is 26.3 Å². The van der Waals surface area contributed by atoms with Crippen molar-refractivity contribution in [1.82, 2.24) is 4.90 Å². The second-order valence-electron chi connectivity index (χ2n) is 5.30. The van der Waals surface area contributed by atoms with E-state index >= 15 is 0 Å². The van der Waals surface area contributed by atoms with Crippen molar-refractivity contribution in [3.8, 4) is 5.75 Å². The third kappa shape index (κ3) is 2.85. The first-order chi connectivity index (χ1) is 10.1. The van der Waals surface area contributed by atoms with E-state index in [0.717, 1.165) is 11.3 Å². The minimum atomic E-state index is -1.03. The predicted molar refractivity (Wildman–Crippen MR) is 73.1 cm³/mol. The van der Waals surface area contributed by atoms with Crippen molar-refractivity contribution < 1.29 is 24.2 Å². The maximum Gasteiger partial charge on any atom is 0.334 e. The zero-order chi connectivity index (χ0) is 14.8. The number of carboxylic acid groups (broad SMARTS) is 1. The summed E-state index contributed by atoms with van der Waals surface area (Å²) in [5.74, 6) is -0.517. The van der Waals surface area contributed by atoms with Crippen molar-refractivity contribution in [2.24, 2.45) is 5.92 Å². The number of aliphatic carboxylic acids is 1. The number of carbonyl (C=O) groups is 2. The lowest BCUT2D eigenvalue weighted by Gasteiger charge is -2.34. The smallest absolute Gasteiger partial charge is 0.334 e. The van der Waals surface area contributed by atoms with E-state index in [4.69, 9.17) is 14.6 Å². The van der Waals surface area contributed by atoms with E-state index in [9.17, 15) is 9.59 Å². The van der Waals surface area contributed by atoms with Gasteiger partial charge in [0.1, 0.15) is 12.4 Å². The quantitative estimate of drug-likeness (QED) is 0.861. The SMILES string of the molecule is O=C(O)[C@@H]1CN(C(=O)[C@@H]2COc3ccccc3C2)CCO1. The maximum atomic E-state index is 12.5. The third-order valence-electron chi connectivity index (χ3n) is 3.88. The molecule has 21 heavy (non-hydrogen) atoms. The first-order valence-corrected chi connectivity index (χ1v) is 6.99. The number of carboxylic acids is 1. The van der Waals surface area contributed by atoms with Crippen LogP contribution < -0.4 is 4.74 Å². The fourth-order valence-electron chi connectivity index (χ4n) is 2.74. The molecule has 2 heterocycles. The molecule has 0 unspecified atom stereocenters. The van der Waals surface area contributed by atoms with E-state index in [0.29, 0.717) is 19.6 Å². The second kappa shape index (κ2) is 5.73. The zero-order valence-electron chi connectivity index (χ0n) is 11.5. The highest BCUT2D eigenvalue weighted by atomic mass is 16.5. The normalized spacial score (nSPS) is 24.9.